The topological polar surface area (TPSA) is 53.6 Å². The van der Waals surface area contributed by atoms with Crippen LogP contribution in [0.4, 0.5) is 11.5 Å². The summed E-state index contributed by atoms with van der Waals surface area (Å²) >= 11 is 0. The van der Waals surface area contributed by atoms with E-state index in [0.717, 1.165) is 33.8 Å². The summed E-state index contributed by atoms with van der Waals surface area (Å²) in [5.41, 5.74) is 5.26. The summed E-state index contributed by atoms with van der Waals surface area (Å²) in [5, 5.41) is 4.46. The number of nitrogens with one attached hydrogen (secondary N) is 2. The van der Waals surface area contributed by atoms with E-state index in [9.17, 15) is 0 Å². The number of rotatable bonds is 4. The van der Waals surface area contributed by atoms with Gasteiger partial charge in [0.1, 0.15) is 11.5 Å². The molecule has 0 amide bonds. The number of benzene rings is 2. The number of fused-ring (bicyclic) bond motifs is 1. The molecule has 0 saturated carbocycles. The SMILES string of the molecule is Cc1cc2c(Nc3ccc(C(C)C)cc3)nc(-c3ccccc3)nc2[nH]1. The first-order valence-electron chi connectivity index (χ1n) is 8.90. The van der Waals surface area contributed by atoms with Crippen LogP contribution in [0.1, 0.15) is 31.0 Å². The third-order valence-electron chi connectivity index (χ3n) is 4.49. The molecule has 0 bridgehead atoms. The van der Waals surface area contributed by atoms with E-state index in [0.29, 0.717) is 11.7 Å². The predicted octanol–water partition coefficient (Wildman–Crippen LogP) is 5.80. The van der Waals surface area contributed by atoms with Crippen molar-refractivity contribution in [1.82, 2.24) is 15.0 Å². The molecule has 0 atom stereocenters. The zero-order valence-corrected chi connectivity index (χ0v) is 15.2. The van der Waals surface area contributed by atoms with Crippen LogP contribution in [0.5, 0.6) is 0 Å². The molecule has 4 aromatic rings. The molecule has 0 spiro atoms. The lowest BCUT2D eigenvalue weighted by atomic mass is 10.0. The largest absolute Gasteiger partial charge is 0.343 e. The highest BCUT2D eigenvalue weighted by atomic mass is 15.1. The lowest BCUT2D eigenvalue weighted by Gasteiger charge is -2.11. The maximum Gasteiger partial charge on any atom is 0.163 e. The van der Waals surface area contributed by atoms with Crippen LogP contribution in [0.15, 0.2) is 60.7 Å². The smallest absolute Gasteiger partial charge is 0.163 e. The molecule has 0 unspecified atom stereocenters. The molecule has 0 aliphatic heterocycles. The van der Waals surface area contributed by atoms with Crippen LogP contribution >= 0.6 is 0 Å². The second-order valence-corrected chi connectivity index (χ2v) is 6.88. The van der Waals surface area contributed by atoms with Crippen LogP contribution in [0, 0.1) is 6.92 Å². The van der Waals surface area contributed by atoms with Gasteiger partial charge in [-0.15, -0.1) is 0 Å². The van der Waals surface area contributed by atoms with Crippen molar-refractivity contribution >= 4 is 22.5 Å². The Morgan fingerprint density at radius 3 is 2.35 bits per heavy atom. The van der Waals surface area contributed by atoms with Gasteiger partial charge < -0.3 is 10.3 Å². The first kappa shape index (κ1) is 16.3. The van der Waals surface area contributed by atoms with E-state index in [-0.39, 0.29) is 0 Å². The van der Waals surface area contributed by atoms with E-state index in [4.69, 9.17) is 9.97 Å². The van der Waals surface area contributed by atoms with Gasteiger partial charge in [-0.1, -0.05) is 56.3 Å². The second kappa shape index (κ2) is 6.64. The Labute approximate surface area is 153 Å². The van der Waals surface area contributed by atoms with E-state index in [2.05, 4.69) is 54.5 Å². The van der Waals surface area contributed by atoms with E-state index in [1.165, 1.54) is 5.56 Å². The van der Waals surface area contributed by atoms with Crippen LogP contribution in [-0.2, 0) is 0 Å². The Kier molecular flexibility index (Phi) is 4.17. The van der Waals surface area contributed by atoms with Gasteiger partial charge in [0.15, 0.2) is 5.82 Å². The monoisotopic (exact) mass is 342 g/mol. The van der Waals surface area contributed by atoms with Gasteiger partial charge >= 0.3 is 0 Å². The van der Waals surface area contributed by atoms with Crippen molar-refractivity contribution in [3.05, 3.63) is 71.9 Å². The number of aryl methyl sites for hydroxylation is 1. The number of hydrogen-bond donors (Lipinski definition) is 2. The van der Waals surface area contributed by atoms with E-state index >= 15 is 0 Å². The van der Waals surface area contributed by atoms with Crippen molar-refractivity contribution in [3.8, 4) is 11.4 Å². The predicted molar refractivity (Wildman–Crippen MR) is 108 cm³/mol. The quantitative estimate of drug-likeness (QED) is 0.493. The van der Waals surface area contributed by atoms with Crippen LogP contribution in [0.3, 0.4) is 0 Å². The van der Waals surface area contributed by atoms with Crippen molar-refractivity contribution in [1.29, 1.82) is 0 Å². The third kappa shape index (κ3) is 3.18. The zero-order valence-electron chi connectivity index (χ0n) is 15.2. The van der Waals surface area contributed by atoms with Gasteiger partial charge in [-0.2, -0.15) is 0 Å². The number of H-pyrrole nitrogens is 1. The summed E-state index contributed by atoms with van der Waals surface area (Å²) in [6.45, 7) is 6.43. The molecule has 0 aliphatic carbocycles. The zero-order chi connectivity index (χ0) is 18.1. The standard InChI is InChI=1S/C22H22N4/c1-14(2)16-9-11-18(12-10-16)24-22-19-13-15(3)23-21(19)25-20(26-22)17-7-5-4-6-8-17/h4-14H,1-3H3,(H2,23,24,25,26). The number of aromatic amines is 1. The lowest BCUT2D eigenvalue weighted by Crippen LogP contribution is -1.99. The first-order chi connectivity index (χ1) is 12.6. The van der Waals surface area contributed by atoms with Gasteiger partial charge in [-0.25, -0.2) is 9.97 Å². The van der Waals surface area contributed by atoms with Crippen molar-refractivity contribution in [3.63, 3.8) is 0 Å². The molecule has 26 heavy (non-hydrogen) atoms. The second-order valence-electron chi connectivity index (χ2n) is 6.88. The van der Waals surface area contributed by atoms with Gasteiger partial charge in [0.25, 0.3) is 0 Å². The number of nitrogens with zero attached hydrogens (tertiary/aromatic N) is 2. The summed E-state index contributed by atoms with van der Waals surface area (Å²) in [5.74, 6) is 2.04. The molecule has 0 aliphatic rings. The summed E-state index contributed by atoms with van der Waals surface area (Å²) < 4.78 is 0. The fourth-order valence-corrected chi connectivity index (χ4v) is 3.04. The van der Waals surface area contributed by atoms with Gasteiger partial charge in [0.2, 0.25) is 0 Å². The highest BCUT2D eigenvalue weighted by Gasteiger charge is 2.12. The molecule has 0 radical (unpaired) electrons. The van der Waals surface area contributed by atoms with Crippen LogP contribution in [0.2, 0.25) is 0 Å². The van der Waals surface area contributed by atoms with Gasteiger partial charge in [0.05, 0.1) is 5.39 Å². The Morgan fingerprint density at radius 1 is 0.923 bits per heavy atom. The van der Waals surface area contributed by atoms with E-state index < -0.39 is 0 Å². The van der Waals surface area contributed by atoms with Crippen molar-refractivity contribution in [2.75, 3.05) is 5.32 Å². The van der Waals surface area contributed by atoms with Gasteiger partial charge in [0, 0.05) is 16.9 Å². The molecule has 2 N–H and O–H groups in total. The maximum absolute atomic E-state index is 4.80. The minimum atomic E-state index is 0.520. The summed E-state index contributed by atoms with van der Waals surface area (Å²) in [4.78, 5) is 12.8. The number of anilines is 2. The lowest BCUT2D eigenvalue weighted by molar-refractivity contribution is 0.867. The summed E-state index contributed by atoms with van der Waals surface area (Å²) in [6.07, 6.45) is 0. The van der Waals surface area contributed by atoms with Crippen LogP contribution in [-0.4, -0.2) is 15.0 Å². The summed E-state index contributed by atoms with van der Waals surface area (Å²) in [6, 6.07) is 20.6. The first-order valence-corrected chi connectivity index (χ1v) is 8.90. The fraction of sp³-hybridized carbons (Fsp3) is 0.182. The van der Waals surface area contributed by atoms with E-state index in [1.54, 1.807) is 0 Å². The Morgan fingerprint density at radius 2 is 1.65 bits per heavy atom. The van der Waals surface area contributed by atoms with Gasteiger partial charge in [-0.05, 0) is 36.6 Å². The molecule has 4 rings (SSSR count). The average Bonchev–Trinajstić information content (AvgIpc) is 3.03. The minimum absolute atomic E-state index is 0.520. The average molecular weight is 342 g/mol. The fourth-order valence-electron chi connectivity index (χ4n) is 3.04. The maximum atomic E-state index is 4.80. The number of aromatic nitrogens is 3. The Balaban J connectivity index is 1.77. The minimum Gasteiger partial charge on any atom is -0.343 e. The van der Waals surface area contributed by atoms with E-state index in [1.807, 2.05) is 37.3 Å². The Bertz CT molecular complexity index is 1030. The molecule has 2 aromatic carbocycles. The molecule has 0 saturated heterocycles. The molecule has 0 fully saturated rings. The molecule has 2 aromatic heterocycles. The highest BCUT2D eigenvalue weighted by molar-refractivity contribution is 5.91. The van der Waals surface area contributed by atoms with Crippen LogP contribution in [0.25, 0.3) is 22.4 Å². The normalized spacial score (nSPS) is 11.2. The molecule has 2 heterocycles. The van der Waals surface area contributed by atoms with Crippen molar-refractivity contribution in [2.45, 2.75) is 26.7 Å². The molecular formula is C22H22N4. The highest BCUT2D eigenvalue weighted by Crippen LogP contribution is 2.28. The molecule has 4 nitrogen and oxygen atoms in total. The molecular weight excluding hydrogens is 320 g/mol. The summed E-state index contributed by atoms with van der Waals surface area (Å²) in [7, 11) is 0. The third-order valence-corrected chi connectivity index (χ3v) is 4.49. The molecule has 4 heteroatoms. The van der Waals surface area contributed by atoms with Crippen molar-refractivity contribution in [2.24, 2.45) is 0 Å². The molecule has 130 valence electrons. The van der Waals surface area contributed by atoms with Crippen molar-refractivity contribution < 1.29 is 0 Å². The van der Waals surface area contributed by atoms with Gasteiger partial charge in [-0.3, -0.25) is 0 Å². The van der Waals surface area contributed by atoms with Crippen LogP contribution < -0.4 is 5.32 Å². The Hall–Kier alpha value is -3.14. The number of hydrogen-bond acceptors (Lipinski definition) is 3.